The highest BCUT2D eigenvalue weighted by Gasteiger charge is 2.31. The van der Waals surface area contributed by atoms with Crippen LogP contribution in [-0.2, 0) is 14.8 Å². The third-order valence-electron chi connectivity index (χ3n) is 4.75. The first kappa shape index (κ1) is 19.4. The standard InChI is InChI=1S/C19H22FN3O3S/c20-17-5-1-2-6-18(17)27(25,26)23-12-9-15(10-13-23)7-8-19(24)22-16-4-3-11-21-14-16/h1-6,11,14-15H,7-10,12-13H2,(H,22,24). The van der Waals surface area contributed by atoms with Crippen molar-refractivity contribution < 1.29 is 17.6 Å². The number of halogens is 1. The van der Waals surface area contributed by atoms with Crippen molar-refractivity contribution in [3.63, 3.8) is 0 Å². The van der Waals surface area contributed by atoms with Crippen LogP contribution in [0.3, 0.4) is 0 Å². The van der Waals surface area contributed by atoms with Gasteiger partial charge in [0, 0.05) is 25.7 Å². The summed E-state index contributed by atoms with van der Waals surface area (Å²) in [7, 11) is -3.82. The molecule has 1 aromatic carbocycles. The Kier molecular flexibility index (Phi) is 6.18. The molecule has 0 aliphatic carbocycles. The van der Waals surface area contributed by atoms with E-state index in [1.165, 1.54) is 22.5 Å². The summed E-state index contributed by atoms with van der Waals surface area (Å²) in [6, 6.07) is 8.96. The van der Waals surface area contributed by atoms with Crippen LogP contribution < -0.4 is 5.32 Å². The molecule has 2 aromatic rings. The number of nitrogens with zero attached hydrogens (tertiary/aromatic N) is 2. The van der Waals surface area contributed by atoms with Gasteiger partial charge in [0.05, 0.1) is 11.9 Å². The summed E-state index contributed by atoms with van der Waals surface area (Å²) in [4.78, 5) is 15.7. The zero-order valence-corrected chi connectivity index (χ0v) is 15.7. The number of aromatic nitrogens is 1. The Morgan fingerprint density at radius 3 is 2.59 bits per heavy atom. The molecule has 1 aromatic heterocycles. The number of sulfonamides is 1. The average molecular weight is 391 g/mol. The number of rotatable bonds is 6. The molecule has 0 bridgehead atoms. The van der Waals surface area contributed by atoms with Crippen molar-refractivity contribution >= 4 is 21.6 Å². The number of benzene rings is 1. The molecule has 0 unspecified atom stereocenters. The summed E-state index contributed by atoms with van der Waals surface area (Å²) >= 11 is 0. The molecular formula is C19H22FN3O3S. The first-order chi connectivity index (χ1) is 13.0. The number of amides is 1. The second-order valence-corrected chi connectivity index (χ2v) is 8.51. The Hall–Kier alpha value is -2.32. The normalized spacial score (nSPS) is 16.2. The second kappa shape index (κ2) is 8.58. The van der Waals surface area contributed by atoms with Gasteiger partial charge in [-0.2, -0.15) is 4.31 Å². The number of anilines is 1. The minimum atomic E-state index is -3.82. The van der Waals surface area contributed by atoms with Crippen molar-refractivity contribution in [3.05, 3.63) is 54.6 Å². The van der Waals surface area contributed by atoms with E-state index in [0.29, 0.717) is 44.5 Å². The fourth-order valence-electron chi connectivity index (χ4n) is 3.23. The van der Waals surface area contributed by atoms with Crippen molar-refractivity contribution in [3.8, 4) is 0 Å². The molecule has 1 fully saturated rings. The van der Waals surface area contributed by atoms with Crippen LogP contribution >= 0.6 is 0 Å². The number of hydrogen-bond acceptors (Lipinski definition) is 4. The lowest BCUT2D eigenvalue weighted by atomic mass is 9.93. The second-order valence-electron chi connectivity index (χ2n) is 6.61. The van der Waals surface area contributed by atoms with Gasteiger partial charge in [0.1, 0.15) is 10.7 Å². The quantitative estimate of drug-likeness (QED) is 0.821. The molecule has 0 saturated carbocycles. The van der Waals surface area contributed by atoms with E-state index in [0.717, 1.165) is 6.07 Å². The molecular weight excluding hydrogens is 369 g/mol. The first-order valence-corrected chi connectivity index (χ1v) is 10.4. The van der Waals surface area contributed by atoms with Gasteiger partial charge in [-0.1, -0.05) is 12.1 Å². The molecule has 0 spiro atoms. The van der Waals surface area contributed by atoms with Gasteiger partial charge in [0.2, 0.25) is 15.9 Å². The average Bonchev–Trinajstić information content (AvgIpc) is 2.68. The molecule has 8 heteroatoms. The van der Waals surface area contributed by atoms with Crippen LogP contribution in [0.1, 0.15) is 25.7 Å². The SMILES string of the molecule is O=C(CCC1CCN(S(=O)(=O)c2ccccc2F)CC1)Nc1cccnc1. The fraction of sp³-hybridized carbons (Fsp3) is 0.368. The molecule has 1 saturated heterocycles. The topological polar surface area (TPSA) is 79.4 Å². The highest BCUT2D eigenvalue weighted by atomic mass is 32.2. The largest absolute Gasteiger partial charge is 0.325 e. The highest BCUT2D eigenvalue weighted by molar-refractivity contribution is 7.89. The van der Waals surface area contributed by atoms with Crippen LogP contribution in [0.15, 0.2) is 53.7 Å². The molecule has 1 aliphatic rings. The Labute approximate surface area is 158 Å². The van der Waals surface area contributed by atoms with E-state index in [4.69, 9.17) is 0 Å². The number of hydrogen-bond donors (Lipinski definition) is 1. The Morgan fingerprint density at radius 2 is 1.93 bits per heavy atom. The maximum atomic E-state index is 13.9. The van der Waals surface area contributed by atoms with Gasteiger partial charge in [0.15, 0.2) is 0 Å². The molecule has 144 valence electrons. The summed E-state index contributed by atoms with van der Waals surface area (Å²) in [6.45, 7) is 0.678. The Bertz CT molecular complexity index is 882. The molecule has 3 rings (SSSR count). The van der Waals surface area contributed by atoms with Crippen LogP contribution in [0.5, 0.6) is 0 Å². The summed E-state index contributed by atoms with van der Waals surface area (Å²) in [5.41, 5.74) is 0.660. The molecule has 1 aliphatic heterocycles. The van der Waals surface area contributed by atoms with Crippen molar-refractivity contribution in [1.82, 2.24) is 9.29 Å². The van der Waals surface area contributed by atoms with Crippen molar-refractivity contribution in [2.45, 2.75) is 30.6 Å². The number of carbonyl (C=O) groups excluding carboxylic acids is 1. The lowest BCUT2D eigenvalue weighted by molar-refractivity contribution is -0.116. The number of carbonyl (C=O) groups is 1. The van der Waals surface area contributed by atoms with Crippen molar-refractivity contribution in [2.24, 2.45) is 5.92 Å². The summed E-state index contributed by atoms with van der Waals surface area (Å²) in [6.07, 6.45) is 5.61. The van der Waals surface area contributed by atoms with Crippen LogP contribution in [0, 0.1) is 11.7 Å². The van der Waals surface area contributed by atoms with Crippen LogP contribution in [0.4, 0.5) is 10.1 Å². The van der Waals surface area contributed by atoms with Crippen molar-refractivity contribution in [1.29, 1.82) is 0 Å². The predicted octanol–water partition coefficient (Wildman–Crippen LogP) is 3.04. The van der Waals surface area contributed by atoms with E-state index in [2.05, 4.69) is 10.3 Å². The van der Waals surface area contributed by atoms with E-state index in [1.54, 1.807) is 24.5 Å². The van der Waals surface area contributed by atoms with E-state index in [1.807, 2.05) is 0 Å². The minimum Gasteiger partial charge on any atom is -0.325 e. The van der Waals surface area contributed by atoms with Gasteiger partial charge in [-0.25, -0.2) is 12.8 Å². The first-order valence-electron chi connectivity index (χ1n) is 8.91. The maximum absolute atomic E-state index is 13.9. The number of pyridine rings is 1. The zero-order valence-electron chi connectivity index (χ0n) is 14.8. The van der Waals surface area contributed by atoms with E-state index >= 15 is 0 Å². The van der Waals surface area contributed by atoms with E-state index in [9.17, 15) is 17.6 Å². The van der Waals surface area contributed by atoms with Gasteiger partial charge in [-0.05, 0) is 49.4 Å². The molecule has 0 atom stereocenters. The molecule has 1 N–H and O–H groups in total. The minimum absolute atomic E-state index is 0.0793. The summed E-state index contributed by atoms with van der Waals surface area (Å²) in [5.74, 6) is -0.534. The third-order valence-corrected chi connectivity index (χ3v) is 6.68. The van der Waals surface area contributed by atoms with Gasteiger partial charge < -0.3 is 5.32 Å². The van der Waals surface area contributed by atoms with Gasteiger partial charge in [0.25, 0.3) is 0 Å². The fourth-order valence-corrected chi connectivity index (χ4v) is 4.76. The predicted molar refractivity (Wildman–Crippen MR) is 100.0 cm³/mol. The molecule has 0 radical (unpaired) electrons. The zero-order chi connectivity index (χ0) is 19.3. The molecule has 27 heavy (non-hydrogen) atoms. The molecule has 2 heterocycles. The number of nitrogens with one attached hydrogen (secondary N) is 1. The lowest BCUT2D eigenvalue weighted by Gasteiger charge is -2.31. The lowest BCUT2D eigenvalue weighted by Crippen LogP contribution is -2.38. The van der Waals surface area contributed by atoms with Crippen LogP contribution in [-0.4, -0.2) is 36.7 Å². The Balaban J connectivity index is 1.49. The van der Waals surface area contributed by atoms with Gasteiger partial charge in [-0.15, -0.1) is 0 Å². The van der Waals surface area contributed by atoms with E-state index < -0.39 is 15.8 Å². The summed E-state index contributed by atoms with van der Waals surface area (Å²) in [5, 5.41) is 2.79. The number of piperidine rings is 1. The van der Waals surface area contributed by atoms with Crippen molar-refractivity contribution in [2.75, 3.05) is 18.4 Å². The van der Waals surface area contributed by atoms with E-state index in [-0.39, 0.29) is 16.7 Å². The smallest absolute Gasteiger partial charge is 0.245 e. The third kappa shape index (κ3) is 4.90. The van der Waals surface area contributed by atoms with Gasteiger partial charge >= 0.3 is 0 Å². The summed E-state index contributed by atoms with van der Waals surface area (Å²) < 4.78 is 40.4. The van der Waals surface area contributed by atoms with Crippen LogP contribution in [0.25, 0.3) is 0 Å². The maximum Gasteiger partial charge on any atom is 0.245 e. The molecule has 6 nitrogen and oxygen atoms in total. The Morgan fingerprint density at radius 1 is 1.19 bits per heavy atom. The monoisotopic (exact) mass is 391 g/mol. The van der Waals surface area contributed by atoms with Gasteiger partial charge in [-0.3, -0.25) is 9.78 Å². The highest BCUT2D eigenvalue weighted by Crippen LogP contribution is 2.27. The van der Waals surface area contributed by atoms with Crippen LogP contribution in [0.2, 0.25) is 0 Å². The molecule has 1 amide bonds.